The average Bonchev–Trinajstić information content (AvgIpc) is 2.85. The number of nitrogens with one attached hydrogen (secondary N) is 1. The maximum atomic E-state index is 12.6. The lowest BCUT2D eigenvalue weighted by atomic mass is 9.88. The third-order valence-corrected chi connectivity index (χ3v) is 6.71. The molecule has 27 heavy (non-hydrogen) atoms. The van der Waals surface area contributed by atoms with E-state index in [1.807, 2.05) is 11.8 Å². The van der Waals surface area contributed by atoms with Crippen LogP contribution in [0.3, 0.4) is 0 Å². The van der Waals surface area contributed by atoms with Gasteiger partial charge in [-0.15, -0.1) is 11.8 Å². The molecule has 1 atom stereocenters. The quantitative estimate of drug-likeness (QED) is 0.883. The highest BCUT2D eigenvalue weighted by Crippen LogP contribution is 2.40. The van der Waals surface area contributed by atoms with Gasteiger partial charge in [-0.2, -0.15) is 0 Å². The Kier molecular flexibility index (Phi) is 5.81. The van der Waals surface area contributed by atoms with Gasteiger partial charge in [0.1, 0.15) is 0 Å². The highest BCUT2D eigenvalue weighted by atomic mass is 32.2. The SMILES string of the molecule is CN1CCN(CC(=O)NCC2c3ccccc3CSc3ccccc32)CC1. The lowest BCUT2D eigenvalue weighted by Crippen LogP contribution is -2.48. The number of amides is 1. The number of rotatable bonds is 4. The van der Waals surface area contributed by atoms with Crippen LogP contribution in [-0.2, 0) is 10.5 Å². The summed E-state index contributed by atoms with van der Waals surface area (Å²) in [4.78, 5) is 18.5. The van der Waals surface area contributed by atoms with Crippen LogP contribution in [0.5, 0.6) is 0 Å². The van der Waals surface area contributed by atoms with Crippen molar-refractivity contribution in [1.82, 2.24) is 15.1 Å². The minimum Gasteiger partial charge on any atom is -0.354 e. The van der Waals surface area contributed by atoms with Gasteiger partial charge in [0.2, 0.25) is 5.91 Å². The van der Waals surface area contributed by atoms with Gasteiger partial charge in [0.05, 0.1) is 6.54 Å². The third-order valence-electron chi connectivity index (χ3n) is 5.57. The van der Waals surface area contributed by atoms with Crippen molar-refractivity contribution in [3.05, 3.63) is 65.2 Å². The minimum absolute atomic E-state index is 0.131. The maximum Gasteiger partial charge on any atom is 0.234 e. The molecule has 2 aliphatic heterocycles. The van der Waals surface area contributed by atoms with E-state index in [-0.39, 0.29) is 11.8 Å². The molecule has 4 nitrogen and oxygen atoms in total. The summed E-state index contributed by atoms with van der Waals surface area (Å²) in [6, 6.07) is 17.3. The molecule has 0 radical (unpaired) electrons. The molecule has 0 aromatic heterocycles. The smallest absolute Gasteiger partial charge is 0.234 e. The molecular formula is C22H27N3OS. The number of likely N-dealkylation sites (N-methyl/N-ethyl adjacent to an activating group) is 1. The fourth-order valence-corrected chi connectivity index (χ4v) is 5.05. The molecule has 0 saturated carbocycles. The molecular weight excluding hydrogens is 354 g/mol. The van der Waals surface area contributed by atoms with Crippen LogP contribution < -0.4 is 5.32 Å². The van der Waals surface area contributed by atoms with E-state index in [9.17, 15) is 4.79 Å². The molecule has 1 amide bonds. The predicted molar refractivity (Wildman–Crippen MR) is 111 cm³/mol. The minimum atomic E-state index is 0.131. The molecule has 1 saturated heterocycles. The van der Waals surface area contributed by atoms with E-state index in [1.165, 1.54) is 21.6 Å². The Balaban J connectivity index is 1.47. The largest absolute Gasteiger partial charge is 0.354 e. The highest BCUT2D eigenvalue weighted by Gasteiger charge is 2.24. The van der Waals surface area contributed by atoms with Crippen LogP contribution in [0.15, 0.2) is 53.4 Å². The first-order valence-corrected chi connectivity index (χ1v) is 10.7. The van der Waals surface area contributed by atoms with Gasteiger partial charge in [-0.1, -0.05) is 42.5 Å². The molecule has 0 aliphatic carbocycles. The molecule has 2 heterocycles. The Bertz CT molecular complexity index is 754. The summed E-state index contributed by atoms with van der Waals surface area (Å²) >= 11 is 1.89. The molecule has 4 rings (SSSR count). The zero-order chi connectivity index (χ0) is 18.6. The van der Waals surface area contributed by atoms with Crippen LogP contribution in [0.25, 0.3) is 0 Å². The molecule has 1 unspecified atom stereocenters. The second-order valence-corrected chi connectivity index (χ2v) is 8.48. The number of hydrogen-bond acceptors (Lipinski definition) is 4. The van der Waals surface area contributed by atoms with E-state index in [0.717, 1.165) is 31.9 Å². The summed E-state index contributed by atoms with van der Waals surface area (Å²) in [5.74, 6) is 1.33. The number of carbonyl (C=O) groups is 1. The van der Waals surface area contributed by atoms with Gasteiger partial charge in [-0.25, -0.2) is 0 Å². The summed E-state index contributed by atoms with van der Waals surface area (Å²) in [5, 5.41) is 3.22. The molecule has 1 N–H and O–H groups in total. The second-order valence-electron chi connectivity index (χ2n) is 7.46. The fraction of sp³-hybridized carbons (Fsp3) is 0.409. The van der Waals surface area contributed by atoms with Gasteiger partial charge in [0.15, 0.2) is 0 Å². The summed E-state index contributed by atoms with van der Waals surface area (Å²) in [5.41, 5.74) is 4.04. The molecule has 1 fully saturated rings. The second kappa shape index (κ2) is 8.46. The molecule has 0 spiro atoms. The number of nitrogens with zero attached hydrogens (tertiary/aromatic N) is 2. The number of fused-ring (bicyclic) bond motifs is 2. The number of piperazine rings is 1. The Morgan fingerprint density at radius 1 is 1.04 bits per heavy atom. The number of hydrogen-bond donors (Lipinski definition) is 1. The first-order valence-electron chi connectivity index (χ1n) is 9.68. The zero-order valence-corrected chi connectivity index (χ0v) is 16.7. The molecule has 142 valence electrons. The van der Waals surface area contributed by atoms with Crippen molar-refractivity contribution in [2.24, 2.45) is 0 Å². The van der Waals surface area contributed by atoms with Crippen molar-refractivity contribution in [2.45, 2.75) is 16.6 Å². The molecule has 2 aliphatic rings. The number of benzene rings is 2. The van der Waals surface area contributed by atoms with E-state index in [4.69, 9.17) is 0 Å². The van der Waals surface area contributed by atoms with Crippen molar-refractivity contribution >= 4 is 17.7 Å². The average molecular weight is 382 g/mol. The molecule has 2 aromatic carbocycles. The topological polar surface area (TPSA) is 35.6 Å². The van der Waals surface area contributed by atoms with Crippen molar-refractivity contribution in [2.75, 3.05) is 46.3 Å². The van der Waals surface area contributed by atoms with E-state index in [1.54, 1.807) is 0 Å². The normalized spacial score (nSPS) is 20.4. The third kappa shape index (κ3) is 4.37. The lowest BCUT2D eigenvalue weighted by Gasteiger charge is -2.32. The fourth-order valence-electron chi connectivity index (χ4n) is 3.93. The summed E-state index contributed by atoms with van der Waals surface area (Å²) in [6.45, 7) is 5.16. The van der Waals surface area contributed by atoms with E-state index < -0.39 is 0 Å². The standard InChI is InChI=1S/C22H27N3OS/c1-24-10-12-25(13-11-24)15-22(26)23-14-20-18-7-3-2-6-17(18)16-27-21-9-5-4-8-19(20)21/h2-9,20H,10-16H2,1H3,(H,23,26). The first-order chi connectivity index (χ1) is 13.2. The van der Waals surface area contributed by atoms with Crippen LogP contribution in [0.1, 0.15) is 22.6 Å². The van der Waals surface area contributed by atoms with Gasteiger partial charge < -0.3 is 10.2 Å². The van der Waals surface area contributed by atoms with Crippen molar-refractivity contribution in [3.63, 3.8) is 0 Å². The van der Waals surface area contributed by atoms with Gasteiger partial charge in [-0.3, -0.25) is 9.69 Å². The van der Waals surface area contributed by atoms with Crippen molar-refractivity contribution in [3.8, 4) is 0 Å². The summed E-state index contributed by atoms with van der Waals surface area (Å²) in [6.07, 6.45) is 0. The highest BCUT2D eigenvalue weighted by molar-refractivity contribution is 7.98. The number of carbonyl (C=O) groups excluding carboxylic acids is 1. The Morgan fingerprint density at radius 2 is 1.74 bits per heavy atom. The summed E-state index contributed by atoms with van der Waals surface area (Å²) < 4.78 is 0. The van der Waals surface area contributed by atoms with Gasteiger partial charge >= 0.3 is 0 Å². The van der Waals surface area contributed by atoms with Crippen molar-refractivity contribution in [1.29, 1.82) is 0 Å². The Hall–Kier alpha value is -1.82. The van der Waals surface area contributed by atoms with Crippen LogP contribution in [-0.4, -0.2) is 62.0 Å². The molecule has 0 bridgehead atoms. The van der Waals surface area contributed by atoms with E-state index >= 15 is 0 Å². The van der Waals surface area contributed by atoms with E-state index in [2.05, 4.69) is 70.7 Å². The summed E-state index contributed by atoms with van der Waals surface area (Å²) in [7, 11) is 2.14. The van der Waals surface area contributed by atoms with Crippen LogP contribution in [0.2, 0.25) is 0 Å². The number of thioether (sulfide) groups is 1. The van der Waals surface area contributed by atoms with Crippen LogP contribution >= 0.6 is 11.8 Å². The van der Waals surface area contributed by atoms with Gasteiger partial charge in [-0.05, 0) is 29.8 Å². The molecule has 2 aromatic rings. The maximum absolute atomic E-state index is 12.6. The molecule has 5 heteroatoms. The predicted octanol–water partition coefficient (Wildman–Crippen LogP) is 2.79. The van der Waals surface area contributed by atoms with Crippen LogP contribution in [0.4, 0.5) is 0 Å². The lowest BCUT2D eigenvalue weighted by molar-refractivity contribution is -0.122. The van der Waals surface area contributed by atoms with E-state index in [0.29, 0.717) is 13.1 Å². The van der Waals surface area contributed by atoms with Gasteiger partial charge in [0, 0.05) is 49.3 Å². The Labute approximate surface area is 165 Å². The van der Waals surface area contributed by atoms with Crippen LogP contribution in [0, 0.1) is 0 Å². The van der Waals surface area contributed by atoms with Gasteiger partial charge in [0.25, 0.3) is 0 Å². The Morgan fingerprint density at radius 3 is 2.56 bits per heavy atom. The monoisotopic (exact) mass is 381 g/mol. The first kappa shape index (κ1) is 18.5. The van der Waals surface area contributed by atoms with Crippen molar-refractivity contribution < 1.29 is 4.79 Å². The zero-order valence-electron chi connectivity index (χ0n) is 15.9.